The molecule has 4 N–H and O–H groups in total. The maximum Gasteiger partial charge on any atom is 0.235 e. The van der Waals surface area contributed by atoms with Crippen LogP contribution < -0.4 is 15.8 Å². The Kier molecular flexibility index (Phi) is 5.66. The van der Waals surface area contributed by atoms with Crippen LogP contribution in [-0.2, 0) is 4.79 Å². The van der Waals surface area contributed by atoms with Gasteiger partial charge in [-0.05, 0) is 18.6 Å². The monoisotopic (exact) mass is 265 g/mol. The molecule has 0 radical (unpaired) electrons. The summed E-state index contributed by atoms with van der Waals surface area (Å²) in [6, 6.07) is 7.07. The molecular formula is C13H19N3O3. The van der Waals surface area contributed by atoms with Gasteiger partial charge >= 0.3 is 0 Å². The van der Waals surface area contributed by atoms with Gasteiger partial charge in [0, 0.05) is 0 Å². The van der Waals surface area contributed by atoms with E-state index in [0.717, 1.165) is 6.42 Å². The number of carbonyl (C=O) groups excluding carboxylic acids is 1. The van der Waals surface area contributed by atoms with Crippen LogP contribution in [0.2, 0.25) is 0 Å². The lowest BCUT2D eigenvalue weighted by molar-refractivity contribution is -0.118. The largest absolute Gasteiger partial charge is 0.495 e. The van der Waals surface area contributed by atoms with Gasteiger partial charge in [0.15, 0.2) is 5.84 Å². The molecule has 0 bridgehead atoms. The maximum absolute atomic E-state index is 12.1. The second-order valence-corrected chi connectivity index (χ2v) is 4.06. The average molecular weight is 265 g/mol. The summed E-state index contributed by atoms with van der Waals surface area (Å²) in [5.74, 6) is -0.499. The molecule has 1 unspecified atom stereocenters. The van der Waals surface area contributed by atoms with E-state index in [1.165, 1.54) is 7.11 Å². The Labute approximate surface area is 112 Å². The van der Waals surface area contributed by atoms with Crippen molar-refractivity contribution in [2.75, 3.05) is 12.4 Å². The van der Waals surface area contributed by atoms with Gasteiger partial charge in [-0.3, -0.25) is 4.79 Å². The first-order chi connectivity index (χ1) is 9.13. The van der Waals surface area contributed by atoms with Crippen LogP contribution in [0.25, 0.3) is 0 Å². The van der Waals surface area contributed by atoms with E-state index in [-0.39, 0.29) is 11.7 Å². The summed E-state index contributed by atoms with van der Waals surface area (Å²) in [4.78, 5) is 12.1. The lowest BCUT2D eigenvalue weighted by atomic mass is 10.0. The van der Waals surface area contributed by atoms with Crippen LogP contribution in [0.3, 0.4) is 0 Å². The quantitative estimate of drug-likeness (QED) is 0.316. The fourth-order valence-corrected chi connectivity index (χ4v) is 1.74. The number of nitrogens with zero attached hydrogens (tertiary/aromatic N) is 1. The molecule has 0 aliphatic heterocycles. The summed E-state index contributed by atoms with van der Waals surface area (Å²) in [7, 11) is 1.53. The second kappa shape index (κ2) is 7.25. The number of amidine groups is 1. The maximum atomic E-state index is 12.1. The highest BCUT2D eigenvalue weighted by atomic mass is 16.5. The minimum Gasteiger partial charge on any atom is -0.495 e. The molecule has 0 aromatic heterocycles. The molecule has 0 spiro atoms. The van der Waals surface area contributed by atoms with E-state index < -0.39 is 5.92 Å². The Bertz CT molecular complexity index is 460. The average Bonchev–Trinajstić information content (AvgIpc) is 2.44. The molecule has 1 aromatic carbocycles. The van der Waals surface area contributed by atoms with Crippen molar-refractivity contribution in [3.05, 3.63) is 24.3 Å². The summed E-state index contributed by atoms with van der Waals surface area (Å²) < 4.78 is 5.15. The SMILES string of the molecule is CCCC(C(=O)Nc1ccccc1OC)C(N)=NO. The number of benzene rings is 1. The van der Waals surface area contributed by atoms with E-state index in [4.69, 9.17) is 15.7 Å². The number of anilines is 1. The molecule has 0 aliphatic carbocycles. The van der Waals surface area contributed by atoms with Gasteiger partial charge in [0.2, 0.25) is 5.91 Å². The Morgan fingerprint density at radius 2 is 2.21 bits per heavy atom. The zero-order valence-electron chi connectivity index (χ0n) is 11.1. The van der Waals surface area contributed by atoms with Gasteiger partial charge in [-0.15, -0.1) is 0 Å². The zero-order chi connectivity index (χ0) is 14.3. The van der Waals surface area contributed by atoms with Gasteiger partial charge in [-0.25, -0.2) is 0 Å². The third-order valence-electron chi connectivity index (χ3n) is 2.73. The number of amides is 1. The van der Waals surface area contributed by atoms with Gasteiger partial charge in [-0.1, -0.05) is 30.6 Å². The molecule has 1 aromatic rings. The fourth-order valence-electron chi connectivity index (χ4n) is 1.74. The van der Waals surface area contributed by atoms with E-state index in [1.807, 2.05) is 13.0 Å². The number of nitrogens with two attached hydrogens (primary N) is 1. The molecule has 0 heterocycles. The second-order valence-electron chi connectivity index (χ2n) is 4.06. The minimum absolute atomic E-state index is 0.0887. The van der Waals surface area contributed by atoms with E-state index in [0.29, 0.717) is 17.9 Å². The highest BCUT2D eigenvalue weighted by Crippen LogP contribution is 2.24. The van der Waals surface area contributed by atoms with Crippen LogP contribution in [0, 0.1) is 5.92 Å². The number of hydrogen-bond acceptors (Lipinski definition) is 4. The molecule has 1 rings (SSSR count). The Morgan fingerprint density at radius 1 is 1.53 bits per heavy atom. The van der Waals surface area contributed by atoms with Crippen molar-refractivity contribution in [3.63, 3.8) is 0 Å². The molecule has 19 heavy (non-hydrogen) atoms. The summed E-state index contributed by atoms with van der Waals surface area (Å²) in [6.07, 6.45) is 1.26. The Morgan fingerprint density at radius 3 is 2.79 bits per heavy atom. The molecule has 6 nitrogen and oxygen atoms in total. The number of carbonyl (C=O) groups is 1. The summed E-state index contributed by atoms with van der Waals surface area (Å²) in [5.41, 5.74) is 6.09. The van der Waals surface area contributed by atoms with E-state index in [9.17, 15) is 4.79 Å². The normalized spacial score (nSPS) is 12.8. The molecule has 0 saturated carbocycles. The zero-order valence-corrected chi connectivity index (χ0v) is 11.1. The first-order valence-corrected chi connectivity index (χ1v) is 6.05. The van der Waals surface area contributed by atoms with Crippen molar-refractivity contribution in [1.29, 1.82) is 0 Å². The molecule has 0 aliphatic rings. The van der Waals surface area contributed by atoms with Gasteiger partial charge in [0.1, 0.15) is 5.75 Å². The lowest BCUT2D eigenvalue weighted by Gasteiger charge is -2.16. The standard InChI is InChI=1S/C13H19N3O3/c1-3-6-9(12(14)16-18)13(17)15-10-7-4-5-8-11(10)19-2/h4-5,7-9,18H,3,6H2,1-2H3,(H2,14,16)(H,15,17). The van der Waals surface area contributed by atoms with Crippen LogP contribution in [0.5, 0.6) is 5.75 Å². The summed E-state index contributed by atoms with van der Waals surface area (Å²) in [5, 5.41) is 14.3. The third kappa shape index (κ3) is 3.87. The number of methoxy groups -OCH3 is 1. The van der Waals surface area contributed by atoms with E-state index >= 15 is 0 Å². The third-order valence-corrected chi connectivity index (χ3v) is 2.73. The van der Waals surface area contributed by atoms with E-state index in [2.05, 4.69) is 10.5 Å². The highest BCUT2D eigenvalue weighted by Gasteiger charge is 2.23. The summed E-state index contributed by atoms with van der Waals surface area (Å²) in [6.45, 7) is 1.92. The van der Waals surface area contributed by atoms with Crippen LogP contribution in [-0.4, -0.2) is 24.1 Å². The van der Waals surface area contributed by atoms with Gasteiger partial charge in [-0.2, -0.15) is 0 Å². The number of ether oxygens (including phenoxy) is 1. The summed E-state index contributed by atoms with van der Waals surface area (Å²) >= 11 is 0. The molecule has 6 heteroatoms. The van der Waals surface area contributed by atoms with Crippen LogP contribution in [0.4, 0.5) is 5.69 Å². The predicted molar refractivity (Wildman–Crippen MR) is 73.4 cm³/mol. The molecule has 104 valence electrons. The van der Waals surface area contributed by atoms with Crippen molar-refractivity contribution >= 4 is 17.4 Å². The van der Waals surface area contributed by atoms with Crippen LogP contribution >= 0.6 is 0 Å². The van der Waals surface area contributed by atoms with Crippen LogP contribution in [0.15, 0.2) is 29.4 Å². The fraction of sp³-hybridized carbons (Fsp3) is 0.385. The molecule has 1 amide bonds. The van der Waals surface area contributed by atoms with Crippen molar-refractivity contribution < 1.29 is 14.7 Å². The lowest BCUT2D eigenvalue weighted by Crippen LogP contribution is -2.34. The number of nitrogens with one attached hydrogen (secondary N) is 1. The molecular weight excluding hydrogens is 246 g/mol. The molecule has 0 saturated heterocycles. The van der Waals surface area contributed by atoms with E-state index in [1.54, 1.807) is 18.2 Å². The first-order valence-electron chi connectivity index (χ1n) is 6.05. The van der Waals surface area contributed by atoms with Gasteiger partial charge < -0.3 is 21.0 Å². The van der Waals surface area contributed by atoms with Crippen molar-refractivity contribution in [2.24, 2.45) is 16.8 Å². The van der Waals surface area contributed by atoms with Gasteiger partial charge in [0.05, 0.1) is 18.7 Å². The predicted octanol–water partition coefficient (Wildman–Crippen LogP) is 1.80. The first kappa shape index (κ1) is 14.8. The number of para-hydroxylation sites is 2. The van der Waals surface area contributed by atoms with Gasteiger partial charge in [0.25, 0.3) is 0 Å². The Balaban J connectivity index is 2.87. The van der Waals surface area contributed by atoms with Crippen molar-refractivity contribution in [2.45, 2.75) is 19.8 Å². The smallest absolute Gasteiger partial charge is 0.235 e. The number of hydrogen-bond donors (Lipinski definition) is 3. The minimum atomic E-state index is -0.653. The topological polar surface area (TPSA) is 96.9 Å². The van der Waals surface area contributed by atoms with Crippen LogP contribution in [0.1, 0.15) is 19.8 Å². The van der Waals surface area contributed by atoms with Crippen molar-refractivity contribution in [3.8, 4) is 5.75 Å². The Hall–Kier alpha value is -2.24. The number of oxime groups is 1. The highest BCUT2D eigenvalue weighted by molar-refractivity contribution is 6.08. The molecule has 1 atom stereocenters. The number of rotatable bonds is 6. The molecule has 0 fully saturated rings. The van der Waals surface area contributed by atoms with Crippen molar-refractivity contribution in [1.82, 2.24) is 0 Å².